The van der Waals surface area contributed by atoms with Gasteiger partial charge in [0.15, 0.2) is 0 Å². The minimum Gasteiger partial charge on any atom is -0.385 e. The van der Waals surface area contributed by atoms with E-state index >= 15 is 0 Å². The van der Waals surface area contributed by atoms with Crippen LogP contribution >= 0.6 is 0 Å². The van der Waals surface area contributed by atoms with E-state index in [1.165, 1.54) is 32.1 Å². The highest BCUT2D eigenvalue weighted by molar-refractivity contribution is 4.61. The van der Waals surface area contributed by atoms with Gasteiger partial charge in [0.1, 0.15) is 0 Å². The molecule has 0 fully saturated rings. The summed E-state index contributed by atoms with van der Waals surface area (Å²) >= 11 is 0. The molecule has 2 heteroatoms. The first-order valence-electron chi connectivity index (χ1n) is 6.39. The number of methoxy groups -OCH3 is 1. The molecule has 92 valence electrons. The molecule has 0 aromatic rings. The van der Waals surface area contributed by atoms with Crippen molar-refractivity contribution < 1.29 is 4.74 Å². The number of rotatable bonds is 10. The maximum Gasteiger partial charge on any atom is 0.0462 e. The second-order valence-electron chi connectivity index (χ2n) is 4.88. The fraction of sp³-hybridized carbons (Fsp3) is 1.00. The lowest BCUT2D eigenvalue weighted by Gasteiger charge is -2.14. The van der Waals surface area contributed by atoms with Crippen LogP contribution in [0.4, 0.5) is 0 Å². The third-order valence-electron chi connectivity index (χ3n) is 2.69. The molecule has 1 atom stereocenters. The van der Waals surface area contributed by atoms with Crippen molar-refractivity contribution >= 4 is 0 Å². The average Bonchev–Trinajstić information content (AvgIpc) is 2.17. The number of hydrogen-bond donors (Lipinski definition) is 1. The second kappa shape index (κ2) is 10.4. The predicted octanol–water partition coefficient (Wildman–Crippen LogP) is 3.22. The summed E-state index contributed by atoms with van der Waals surface area (Å²) in [7, 11) is 1.77. The molecule has 0 saturated carbocycles. The molecule has 0 radical (unpaired) electrons. The summed E-state index contributed by atoms with van der Waals surface area (Å²) in [5.41, 5.74) is 0. The molecule has 0 spiro atoms. The Kier molecular flexibility index (Phi) is 10.4. The zero-order valence-corrected chi connectivity index (χ0v) is 11.0. The summed E-state index contributed by atoms with van der Waals surface area (Å²) in [6.07, 6.45) is 6.41. The van der Waals surface area contributed by atoms with Gasteiger partial charge in [-0.05, 0) is 38.6 Å². The zero-order valence-electron chi connectivity index (χ0n) is 11.0. The minimum absolute atomic E-state index is 0.672. The summed E-state index contributed by atoms with van der Waals surface area (Å²) in [5, 5.41) is 3.56. The van der Waals surface area contributed by atoms with E-state index in [1.54, 1.807) is 7.11 Å². The maximum atomic E-state index is 5.01. The highest BCUT2D eigenvalue weighted by Gasteiger charge is 2.01. The molecule has 2 nitrogen and oxygen atoms in total. The molecule has 0 aliphatic carbocycles. The maximum absolute atomic E-state index is 5.01. The normalized spacial score (nSPS) is 13.4. The Morgan fingerprint density at radius 1 is 1.00 bits per heavy atom. The molecule has 0 aliphatic rings. The Morgan fingerprint density at radius 2 is 1.73 bits per heavy atom. The molecule has 1 N–H and O–H groups in total. The lowest BCUT2D eigenvalue weighted by molar-refractivity contribution is 0.192. The van der Waals surface area contributed by atoms with E-state index < -0.39 is 0 Å². The van der Waals surface area contributed by atoms with E-state index in [1.807, 2.05) is 0 Å². The zero-order chi connectivity index (χ0) is 11.5. The van der Waals surface area contributed by atoms with Gasteiger partial charge in [0.25, 0.3) is 0 Å². The lowest BCUT2D eigenvalue weighted by atomic mass is 10.0. The summed E-state index contributed by atoms with van der Waals surface area (Å²) < 4.78 is 5.01. The van der Waals surface area contributed by atoms with Crippen LogP contribution in [-0.4, -0.2) is 26.3 Å². The summed E-state index contributed by atoms with van der Waals surface area (Å²) in [6, 6.07) is 0.672. The average molecular weight is 215 g/mol. The molecular formula is C13H29NO. The van der Waals surface area contributed by atoms with Crippen molar-refractivity contribution in [3.8, 4) is 0 Å². The van der Waals surface area contributed by atoms with Gasteiger partial charge < -0.3 is 10.1 Å². The van der Waals surface area contributed by atoms with Crippen LogP contribution in [0.25, 0.3) is 0 Å². The number of ether oxygens (including phenoxy) is 1. The van der Waals surface area contributed by atoms with Gasteiger partial charge in [-0.1, -0.05) is 26.7 Å². The standard InChI is InChI=1S/C13H29NO/c1-12(2)8-7-9-13(3)14-10-5-6-11-15-4/h12-14H,5-11H2,1-4H3. The van der Waals surface area contributed by atoms with Crippen LogP contribution in [0, 0.1) is 5.92 Å². The summed E-state index contributed by atoms with van der Waals surface area (Å²) in [6.45, 7) is 8.90. The van der Waals surface area contributed by atoms with Gasteiger partial charge in [-0.2, -0.15) is 0 Å². The van der Waals surface area contributed by atoms with Gasteiger partial charge in [-0.25, -0.2) is 0 Å². The molecule has 1 unspecified atom stereocenters. The summed E-state index contributed by atoms with van der Waals surface area (Å²) in [5.74, 6) is 0.846. The fourth-order valence-corrected chi connectivity index (χ4v) is 1.65. The van der Waals surface area contributed by atoms with Crippen molar-refractivity contribution in [3.63, 3.8) is 0 Å². The Balaban J connectivity index is 3.15. The van der Waals surface area contributed by atoms with Gasteiger partial charge in [-0.15, -0.1) is 0 Å². The van der Waals surface area contributed by atoms with E-state index in [-0.39, 0.29) is 0 Å². The molecule has 15 heavy (non-hydrogen) atoms. The SMILES string of the molecule is COCCCCNC(C)CCCC(C)C. The highest BCUT2D eigenvalue weighted by Crippen LogP contribution is 2.08. The second-order valence-corrected chi connectivity index (χ2v) is 4.88. The molecule has 0 bridgehead atoms. The minimum atomic E-state index is 0.672. The Bertz CT molecular complexity index is 126. The highest BCUT2D eigenvalue weighted by atomic mass is 16.5. The van der Waals surface area contributed by atoms with Crippen LogP contribution in [0.2, 0.25) is 0 Å². The Morgan fingerprint density at radius 3 is 2.33 bits per heavy atom. The topological polar surface area (TPSA) is 21.3 Å². The van der Waals surface area contributed by atoms with Gasteiger partial charge >= 0.3 is 0 Å². The van der Waals surface area contributed by atoms with E-state index in [0.717, 1.165) is 19.1 Å². The van der Waals surface area contributed by atoms with Crippen LogP contribution in [0.5, 0.6) is 0 Å². The van der Waals surface area contributed by atoms with Crippen molar-refractivity contribution in [1.82, 2.24) is 5.32 Å². The van der Waals surface area contributed by atoms with E-state index in [4.69, 9.17) is 4.74 Å². The Labute approximate surface area is 95.8 Å². The molecule has 0 amide bonds. The smallest absolute Gasteiger partial charge is 0.0462 e. The first-order chi connectivity index (χ1) is 7.16. The molecule has 0 heterocycles. The third kappa shape index (κ3) is 11.8. The van der Waals surface area contributed by atoms with Gasteiger partial charge in [0.05, 0.1) is 0 Å². The number of nitrogens with one attached hydrogen (secondary N) is 1. The summed E-state index contributed by atoms with van der Waals surface area (Å²) in [4.78, 5) is 0. The van der Waals surface area contributed by atoms with Crippen LogP contribution < -0.4 is 5.32 Å². The molecular weight excluding hydrogens is 186 g/mol. The molecule has 0 saturated heterocycles. The molecule has 0 rings (SSSR count). The lowest BCUT2D eigenvalue weighted by Crippen LogP contribution is -2.27. The molecule has 0 aliphatic heterocycles. The Hall–Kier alpha value is -0.0800. The third-order valence-corrected chi connectivity index (χ3v) is 2.69. The largest absolute Gasteiger partial charge is 0.385 e. The number of unbranched alkanes of at least 4 members (excludes halogenated alkanes) is 1. The van der Waals surface area contributed by atoms with Crippen LogP contribution in [0.1, 0.15) is 52.9 Å². The quantitative estimate of drug-likeness (QED) is 0.565. The van der Waals surface area contributed by atoms with Crippen molar-refractivity contribution in [2.45, 2.75) is 58.9 Å². The van der Waals surface area contributed by atoms with E-state index in [2.05, 4.69) is 26.1 Å². The monoisotopic (exact) mass is 215 g/mol. The van der Waals surface area contributed by atoms with Crippen LogP contribution in [0.3, 0.4) is 0 Å². The fourth-order valence-electron chi connectivity index (χ4n) is 1.65. The van der Waals surface area contributed by atoms with E-state index in [0.29, 0.717) is 6.04 Å². The van der Waals surface area contributed by atoms with E-state index in [9.17, 15) is 0 Å². The van der Waals surface area contributed by atoms with Crippen molar-refractivity contribution in [1.29, 1.82) is 0 Å². The van der Waals surface area contributed by atoms with Crippen molar-refractivity contribution in [2.24, 2.45) is 5.92 Å². The molecule has 0 aromatic carbocycles. The first-order valence-corrected chi connectivity index (χ1v) is 6.39. The van der Waals surface area contributed by atoms with Gasteiger partial charge in [0.2, 0.25) is 0 Å². The van der Waals surface area contributed by atoms with Gasteiger partial charge in [-0.3, -0.25) is 0 Å². The van der Waals surface area contributed by atoms with Crippen LogP contribution in [-0.2, 0) is 4.74 Å². The first kappa shape index (κ1) is 14.9. The van der Waals surface area contributed by atoms with Crippen molar-refractivity contribution in [2.75, 3.05) is 20.3 Å². The predicted molar refractivity (Wildman–Crippen MR) is 67.3 cm³/mol. The number of hydrogen-bond acceptors (Lipinski definition) is 2. The van der Waals surface area contributed by atoms with Gasteiger partial charge in [0, 0.05) is 19.8 Å². The molecule has 0 aromatic heterocycles. The van der Waals surface area contributed by atoms with Crippen LogP contribution in [0.15, 0.2) is 0 Å². The van der Waals surface area contributed by atoms with Crippen molar-refractivity contribution in [3.05, 3.63) is 0 Å².